The number of alkyl halides is 1. The summed E-state index contributed by atoms with van der Waals surface area (Å²) >= 11 is 0. The Labute approximate surface area is 73.9 Å². The van der Waals surface area contributed by atoms with Crippen molar-refractivity contribution in [1.82, 2.24) is 4.90 Å². The standard InChI is InChI=1S/C9H19FN2/c1-7(2)12-4-3-8(6-12)9(11)5-10/h7-9H,3-6,11H2,1-2H3/t8-,9+/m1/s1. The molecule has 72 valence electrons. The van der Waals surface area contributed by atoms with Crippen molar-refractivity contribution in [3.63, 3.8) is 0 Å². The molecule has 0 spiro atoms. The minimum Gasteiger partial charge on any atom is -0.325 e. The molecule has 1 fully saturated rings. The molecule has 1 saturated heterocycles. The maximum atomic E-state index is 12.2. The van der Waals surface area contributed by atoms with Gasteiger partial charge < -0.3 is 10.6 Å². The van der Waals surface area contributed by atoms with Crippen LogP contribution in [0.1, 0.15) is 20.3 Å². The third-order valence-corrected chi connectivity index (χ3v) is 2.77. The Bertz CT molecular complexity index is 138. The number of halogens is 1. The van der Waals surface area contributed by atoms with Gasteiger partial charge in [-0.15, -0.1) is 0 Å². The van der Waals surface area contributed by atoms with Crippen molar-refractivity contribution in [1.29, 1.82) is 0 Å². The molecule has 0 aliphatic carbocycles. The van der Waals surface area contributed by atoms with E-state index >= 15 is 0 Å². The Hall–Kier alpha value is -0.150. The fourth-order valence-corrected chi connectivity index (χ4v) is 1.76. The SMILES string of the molecule is CC(C)N1CC[C@@H]([C@@H](N)CF)C1. The molecule has 3 heteroatoms. The Morgan fingerprint density at radius 1 is 1.58 bits per heavy atom. The van der Waals surface area contributed by atoms with Gasteiger partial charge in [-0.05, 0) is 32.7 Å². The molecule has 0 aromatic heterocycles. The summed E-state index contributed by atoms with van der Waals surface area (Å²) in [7, 11) is 0. The van der Waals surface area contributed by atoms with Crippen LogP contribution in [0.2, 0.25) is 0 Å². The van der Waals surface area contributed by atoms with Crippen molar-refractivity contribution >= 4 is 0 Å². The second kappa shape index (κ2) is 4.19. The quantitative estimate of drug-likeness (QED) is 0.692. The lowest BCUT2D eigenvalue weighted by molar-refractivity contribution is 0.250. The zero-order valence-electron chi connectivity index (χ0n) is 7.96. The van der Waals surface area contributed by atoms with Crippen LogP contribution in [0.25, 0.3) is 0 Å². The van der Waals surface area contributed by atoms with Crippen molar-refractivity contribution in [2.24, 2.45) is 11.7 Å². The van der Waals surface area contributed by atoms with Crippen LogP contribution in [0, 0.1) is 5.92 Å². The van der Waals surface area contributed by atoms with E-state index in [1.54, 1.807) is 0 Å². The lowest BCUT2D eigenvalue weighted by Crippen LogP contribution is -2.35. The summed E-state index contributed by atoms with van der Waals surface area (Å²) in [4.78, 5) is 2.36. The van der Waals surface area contributed by atoms with Crippen LogP contribution in [0.4, 0.5) is 4.39 Å². The highest BCUT2D eigenvalue weighted by molar-refractivity contribution is 4.84. The molecule has 12 heavy (non-hydrogen) atoms. The van der Waals surface area contributed by atoms with Crippen LogP contribution in [-0.4, -0.2) is 36.7 Å². The zero-order valence-corrected chi connectivity index (χ0v) is 7.96. The molecule has 0 amide bonds. The maximum Gasteiger partial charge on any atom is 0.105 e. The number of likely N-dealkylation sites (tertiary alicyclic amines) is 1. The van der Waals surface area contributed by atoms with Crippen molar-refractivity contribution < 1.29 is 4.39 Å². The summed E-state index contributed by atoms with van der Waals surface area (Å²) in [5.74, 6) is 0.373. The molecular weight excluding hydrogens is 155 g/mol. The largest absolute Gasteiger partial charge is 0.325 e. The molecule has 2 N–H and O–H groups in total. The van der Waals surface area contributed by atoms with Crippen LogP contribution >= 0.6 is 0 Å². The van der Waals surface area contributed by atoms with Crippen molar-refractivity contribution in [3.8, 4) is 0 Å². The Morgan fingerprint density at radius 2 is 2.25 bits per heavy atom. The van der Waals surface area contributed by atoms with Crippen molar-refractivity contribution in [3.05, 3.63) is 0 Å². The van der Waals surface area contributed by atoms with E-state index in [0.29, 0.717) is 12.0 Å². The summed E-state index contributed by atoms with van der Waals surface area (Å²) in [6.45, 7) is 6.02. The lowest BCUT2D eigenvalue weighted by atomic mass is 10.0. The van der Waals surface area contributed by atoms with Gasteiger partial charge in [0.2, 0.25) is 0 Å². The molecule has 1 rings (SSSR count). The average Bonchev–Trinajstić information content (AvgIpc) is 2.51. The van der Waals surface area contributed by atoms with Gasteiger partial charge in [-0.1, -0.05) is 0 Å². The van der Waals surface area contributed by atoms with E-state index in [4.69, 9.17) is 5.73 Å². The molecule has 1 aliphatic heterocycles. The van der Waals surface area contributed by atoms with E-state index in [0.717, 1.165) is 19.5 Å². The maximum absolute atomic E-state index is 12.2. The molecule has 1 aliphatic rings. The normalized spacial score (nSPS) is 28.2. The van der Waals surface area contributed by atoms with Gasteiger partial charge >= 0.3 is 0 Å². The molecule has 0 saturated carbocycles. The number of hydrogen-bond donors (Lipinski definition) is 1. The molecule has 0 bridgehead atoms. The first-order valence-corrected chi connectivity index (χ1v) is 4.70. The summed E-state index contributed by atoms with van der Waals surface area (Å²) in [5, 5.41) is 0. The minimum absolute atomic E-state index is 0.242. The van der Waals surface area contributed by atoms with Crippen LogP contribution < -0.4 is 5.73 Å². The smallest absolute Gasteiger partial charge is 0.105 e. The second-order valence-electron chi connectivity index (χ2n) is 3.96. The van der Waals surface area contributed by atoms with Crippen LogP contribution in [0.3, 0.4) is 0 Å². The van der Waals surface area contributed by atoms with Gasteiger partial charge in [-0.25, -0.2) is 4.39 Å². The summed E-state index contributed by atoms with van der Waals surface area (Å²) in [6, 6.07) is 0.329. The van der Waals surface area contributed by atoms with Crippen LogP contribution in [0.15, 0.2) is 0 Å². The van der Waals surface area contributed by atoms with Gasteiger partial charge in [-0.2, -0.15) is 0 Å². The van der Waals surface area contributed by atoms with E-state index in [1.165, 1.54) is 0 Å². The van der Waals surface area contributed by atoms with Crippen molar-refractivity contribution in [2.45, 2.75) is 32.4 Å². The van der Waals surface area contributed by atoms with E-state index in [2.05, 4.69) is 18.7 Å². The third kappa shape index (κ3) is 2.17. The highest BCUT2D eigenvalue weighted by Gasteiger charge is 2.28. The monoisotopic (exact) mass is 174 g/mol. The fourth-order valence-electron chi connectivity index (χ4n) is 1.76. The first-order valence-electron chi connectivity index (χ1n) is 4.70. The summed E-state index contributed by atoms with van der Waals surface area (Å²) < 4.78 is 12.2. The molecule has 0 unspecified atom stereocenters. The fraction of sp³-hybridized carbons (Fsp3) is 1.00. The summed E-state index contributed by atoms with van der Waals surface area (Å²) in [5.41, 5.74) is 5.64. The zero-order chi connectivity index (χ0) is 9.14. The number of nitrogens with zero attached hydrogens (tertiary/aromatic N) is 1. The Morgan fingerprint density at radius 3 is 2.67 bits per heavy atom. The Balaban J connectivity index is 2.35. The predicted octanol–water partition coefficient (Wildman–Crippen LogP) is 1.01. The first kappa shape index (κ1) is 9.93. The number of rotatable bonds is 3. The molecule has 2 nitrogen and oxygen atoms in total. The number of nitrogens with two attached hydrogens (primary N) is 1. The van der Waals surface area contributed by atoms with Crippen molar-refractivity contribution in [2.75, 3.05) is 19.8 Å². The highest BCUT2D eigenvalue weighted by atomic mass is 19.1. The highest BCUT2D eigenvalue weighted by Crippen LogP contribution is 2.20. The first-order chi connectivity index (χ1) is 5.65. The molecule has 0 radical (unpaired) electrons. The van der Waals surface area contributed by atoms with Crippen LogP contribution in [0.5, 0.6) is 0 Å². The predicted molar refractivity (Wildman–Crippen MR) is 48.8 cm³/mol. The number of hydrogen-bond acceptors (Lipinski definition) is 2. The molecule has 0 aromatic rings. The average molecular weight is 174 g/mol. The van der Waals surface area contributed by atoms with Gasteiger partial charge in [0.15, 0.2) is 0 Å². The summed E-state index contributed by atoms with van der Waals surface area (Å²) in [6.07, 6.45) is 1.06. The van der Waals surface area contributed by atoms with E-state index in [9.17, 15) is 4.39 Å². The van der Waals surface area contributed by atoms with Gasteiger partial charge in [-0.3, -0.25) is 0 Å². The Kier molecular flexibility index (Phi) is 3.47. The van der Waals surface area contributed by atoms with Gasteiger partial charge in [0.1, 0.15) is 6.67 Å². The van der Waals surface area contributed by atoms with Gasteiger partial charge in [0.25, 0.3) is 0 Å². The topological polar surface area (TPSA) is 29.3 Å². The second-order valence-corrected chi connectivity index (χ2v) is 3.96. The van der Waals surface area contributed by atoms with E-state index < -0.39 is 0 Å². The third-order valence-electron chi connectivity index (χ3n) is 2.77. The van der Waals surface area contributed by atoms with Crippen LogP contribution in [-0.2, 0) is 0 Å². The van der Waals surface area contributed by atoms with E-state index in [-0.39, 0.29) is 12.7 Å². The molecular formula is C9H19FN2. The molecule has 2 atom stereocenters. The van der Waals surface area contributed by atoms with E-state index in [1.807, 2.05) is 0 Å². The molecule has 0 aromatic carbocycles. The lowest BCUT2D eigenvalue weighted by Gasteiger charge is -2.21. The minimum atomic E-state index is -0.378. The molecule has 1 heterocycles. The van der Waals surface area contributed by atoms with Gasteiger partial charge in [0.05, 0.1) is 0 Å². The van der Waals surface area contributed by atoms with Gasteiger partial charge in [0, 0.05) is 18.6 Å².